The third kappa shape index (κ3) is 5.29. The zero-order valence-corrected chi connectivity index (χ0v) is 10.9. The fraction of sp³-hybridized carbons (Fsp3) is 0.571. The van der Waals surface area contributed by atoms with Crippen molar-refractivity contribution in [3.63, 3.8) is 0 Å². The molecule has 0 amide bonds. The lowest BCUT2D eigenvalue weighted by molar-refractivity contribution is 0.198. The third-order valence-corrected chi connectivity index (χ3v) is 2.78. The summed E-state index contributed by atoms with van der Waals surface area (Å²) in [6, 6.07) is 5.35. The van der Waals surface area contributed by atoms with E-state index in [-0.39, 0.29) is 5.82 Å². The Morgan fingerprint density at radius 3 is 2.82 bits per heavy atom. The third-order valence-electron chi connectivity index (χ3n) is 2.78. The van der Waals surface area contributed by atoms with Crippen molar-refractivity contribution in [3.8, 4) is 0 Å². The summed E-state index contributed by atoms with van der Waals surface area (Å²) in [6.45, 7) is 6.57. The minimum Gasteiger partial charge on any atom is -0.383 e. The quantitative estimate of drug-likeness (QED) is 0.738. The standard InChI is InChI=1S/C14H22FNO/c1-11(10-16-6-7-17-3)8-13-4-5-14(15)12(2)9-13/h4-5,9,11,16H,6-8,10H2,1-3H3. The van der Waals surface area contributed by atoms with Gasteiger partial charge in [0.2, 0.25) is 0 Å². The molecule has 0 saturated heterocycles. The Balaban J connectivity index is 2.34. The average Bonchev–Trinajstić information content (AvgIpc) is 2.30. The Labute approximate surface area is 103 Å². The SMILES string of the molecule is COCCNCC(C)Cc1ccc(F)c(C)c1. The molecule has 0 aromatic heterocycles. The molecule has 0 bridgehead atoms. The molecule has 1 unspecified atom stereocenters. The summed E-state index contributed by atoms with van der Waals surface area (Å²) in [5.41, 5.74) is 1.92. The minimum absolute atomic E-state index is 0.125. The summed E-state index contributed by atoms with van der Waals surface area (Å²) in [6.07, 6.45) is 0.973. The first kappa shape index (κ1) is 14.1. The average molecular weight is 239 g/mol. The number of aryl methyl sites for hydroxylation is 1. The van der Waals surface area contributed by atoms with E-state index in [1.807, 2.05) is 12.1 Å². The highest BCUT2D eigenvalue weighted by Gasteiger charge is 2.05. The second kappa shape index (κ2) is 7.41. The Hall–Kier alpha value is -0.930. The number of hydrogen-bond donors (Lipinski definition) is 1. The highest BCUT2D eigenvalue weighted by Crippen LogP contribution is 2.13. The molecule has 1 N–H and O–H groups in total. The molecule has 0 aliphatic heterocycles. The number of benzene rings is 1. The summed E-state index contributed by atoms with van der Waals surface area (Å²) in [5, 5.41) is 3.33. The van der Waals surface area contributed by atoms with Gasteiger partial charge in [0.25, 0.3) is 0 Å². The molecule has 1 aromatic rings. The summed E-state index contributed by atoms with van der Waals surface area (Å²) < 4.78 is 18.1. The van der Waals surface area contributed by atoms with Crippen molar-refractivity contribution in [1.82, 2.24) is 5.32 Å². The molecule has 0 fully saturated rings. The Morgan fingerprint density at radius 1 is 1.41 bits per heavy atom. The van der Waals surface area contributed by atoms with Gasteiger partial charge in [0.15, 0.2) is 0 Å². The molecule has 17 heavy (non-hydrogen) atoms. The molecule has 2 nitrogen and oxygen atoms in total. The minimum atomic E-state index is -0.125. The van der Waals surface area contributed by atoms with Crippen molar-refractivity contribution in [3.05, 3.63) is 35.1 Å². The summed E-state index contributed by atoms with van der Waals surface area (Å²) >= 11 is 0. The molecule has 0 radical (unpaired) electrons. The number of rotatable bonds is 7. The van der Waals surface area contributed by atoms with Crippen LogP contribution >= 0.6 is 0 Å². The van der Waals surface area contributed by atoms with Crippen LogP contribution < -0.4 is 5.32 Å². The van der Waals surface area contributed by atoms with Gasteiger partial charge in [-0.3, -0.25) is 0 Å². The highest BCUT2D eigenvalue weighted by molar-refractivity contribution is 5.24. The van der Waals surface area contributed by atoms with Crippen LogP contribution in [0.5, 0.6) is 0 Å². The monoisotopic (exact) mass is 239 g/mol. The maximum atomic E-state index is 13.1. The van der Waals surface area contributed by atoms with E-state index in [1.165, 1.54) is 5.56 Å². The van der Waals surface area contributed by atoms with Crippen LogP contribution in [0.25, 0.3) is 0 Å². The molecule has 1 aromatic carbocycles. The van der Waals surface area contributed by atoms with Crippen LogP contribution in [-0.2, 0) is 11.2 Å². The van der Waals surface area contributed by atoms with Gasteiger partial charge in [0.1, 0.15) is 5.82 Å². The lowest BCUT2D eigenvalue weighted by Crippen LogP contribution is -2.25. The summed E-state index contributed by atoms with van der Waals surface area (Å²) in [7, 11) is 1.70. The normalized spacial score (nSPS) is 12.7. The van der Waals surface area contributed by atoms with Crippen molar-refractivity contribution in [2.75, 3.05) is 26.8 Å². The summed E-state index contributed by atoms with van der Waals surface area (Å²) in [5.74, 6) is 0.413. The first-order valence-corrected chi connectivity index (χ1v) is 6.08. The van der Waals surface area contributed by atoms with Gasteiger partial charge in [-0.15, -0.1) is 0 Å². The molecule has 96 valence electrons. The highest BCUT2D eigenvalue weighted by atomic mass is 19.1. The number of ether oxygens (including phenoxy) is 1. The number of halogens is 1. The van der Waals surface area contributed by atoms with E-state index in [2.05, 4.69) is 12.2 Å². The van der Waals surface area contributed by atoms with Gasteiger partial charge in [-0.1, -0.05) is 19.1 Å². The van der Waals surface area contributed by atoms with Crippen LogP contribution in [0, 0.1) is 18.7 Å². The maximum Gasteiger partial charge on any atom is 0.126 e. The van der Waals surface area contributed by atoms with E-state index >= 15 is 0 Å². The molecular formula is C14H22FNO. The number of nitrogens with one attached hydrogen (secondary N) is 1. The van der Waals surface area contributed by atoms with E-state index in [4.69, 9.17) is 4.74 Å². The van der Waals surface area contributed by atoms with Crippen LogP contribution in [0.15, 0.2) is 18.2 Å². The fourth-order valence-corrected chi connectivity index (χ4v) is 1.83. The number of hydrogen-bond acceptors (Lipinski definition) is 2. The molecule has 0 aliphatic carbocycles. The molecule has 0 heterocycles. The van der Waals surface area contributed by atoms with Crippen LogP contribution in [0.2, 0.25) is 0 Å². The Morgan fingerprint density at radius 2 is 2.18 bits per heavy atom. The van der Waals surface area contributed by atoms with Gasteiger partial charge in [-0.05, 0) is 43.0 Å². The van der Waals surface area contributed by atoms with E-state index < -0.39 is 0 Å². The van der Waals surface area contributed by atoms with Gasteiger partial charge < -0.3 is 10.1 Å². The van der Waals surface area contributed by atoms with Gasteiger partial charge in [0, 0.05) is 13.7 Å². The van der Waals surface area contributed by atoms with Crippen molar-refractivity contribution in [2.24, 2.45) is 5.92 Å². The topological polar surface area (TPSA) is 21.3 Å². The fourth-order valence-electron chi connectivity index (χ4n) is 1.83. The molecule has 3 heteroatoms. The predicted molar refractivity (Wildman–Crippen MR) is 68.8 cm³/mol. The zero-order chi connectivity index (χ0) is 12.7. The van der Waals surface area contributed by atoms with Gasteiger partial charge in [-0.2, -0.15) is 0 Å². The molecular weight excluding hydrogens is 217 g/mol. The van der Waals surface area contributed by atoms with Crippen LogP contribution in [0.1, 0.15) is 18.1 Å². The first-order valence-electron chi connectivity index (χ1n) is 6.08. The largest absolute Gasteiger partial charge is 0.383 e. The van der Waals surface area contributed by atoms with Gasteiger partial charge in [0.05, 0.1) is 6.61 Å². The lowest BCUT2D eigenvalue weighted by atomic mass is 9.99. The Bertz CT molecular complexity index is 341. The van der Waals surface area contributed by atoms with E-state index in [0.717, 1.165) is 31.7 Å². The van der Waals surface area contributed by atoms with Crippen molar-refractivity contribution >= 4 is 0 Å². The van der Waals surface area contributed by atoms with E-state index in [1.54, 1.807) is 20.1 Å². The van der Waals surface area contributed by atoms with Gasteiger partial charge in [-0.25, -0.2) is 4.39 Å². The molecule has 0 spiro atoms. The molecule has 0 saturated carbocycles. The van der Waals surface area contributed by atoms with Crippen molar-refractivity contribution in [2.45, 2.75) is 20.3 Å². The second-order valence-electron chi connectivity index (χ2n) is 4.59. The van der Waals surface area contributed by atoms with E-state index in [0.29, 0.717) is 5.92 Å². The van der Waals surface area contributed by atoms with Crippen molar-refractivity contribution < 1.29 is 9.13 Å². The molecule has 0 aliphatic rings. The van der Waals surface area contributed by atoms with Crippen LogP contribution in [0.4, 0.5) is 4.39 Å². The maximum absolute atomic E-state index is 13.1. The predicted octanol–water partition coefficient (Wildman–Crippen LogP) is 2.55. The Kier molecular flexibility index (Phi) is 6.16. The molecule has 1 atom stereocenters. The van der Waals surface area contributed by atoms with E-state index in [9.17, 15) is 4.39 Å². The first-order chi connectivity index (χ1) is 8.13. The zero-order valence-electron chi connectivity index (χ0n) is 10.9. The van der Waals surface area contributed by atoms with Gasteiger partial charge >= 0.3 is 0 Å². The van der Waals surface area contributed by atoms with Crippen LogP contribution in [-0.4, -0.2) is 26.8 Å². The number of methoxy groups -OCH3 is 1. The van der Waals surface area contributed by atoms with Crippen LogP contribution in [0.3, 0.4) is 0 Å². The lowest BCUT2D eigenvalue weighted by Gasteiger charge is -2.13. The summed E-state index contributed by atoms with van der Waals surface area (Å²) in [4.78, 5) is 0. The van der Waals surface area contributed by atoms with Crippen molar-refractivity contribution in [1.29, 1.82) is 0 Å². The second-order valence-corrected chi connectivity index (χ2v) is 4.59. The smallest absolute Gasteiger partial charge is 0.126 e. The molecule has 1 rings (SSSR count).